The van der Waals surface area contributed by atoms with Gasteiger partial charge in [0.25, 0.3) is 0 Å². The Labute approximate surface area is 121 Å². The number of nitrogens with two attached hydrogens (primary N) is 1. The Morgan fingerprint density at radius 1 is 1.30 bits per heavy atom. The van der Waals surface area contributed by atoms with E-state index in [1.807, 2.05) is 12.1 Å². The summed E-state index contributed by atoms with van der Waals surface area (Å²) in [7, 11) is 1.78. The number of ether oxygens (including phenoxy) is 2. The van der Waals surface area contributed by atoms with E-state index in [9.17, 15) is 0 Å². The summed E-state index contributed by atoms with van der Waals surface area (Å²) in [6, 6.07) is 6.06. The topological polar surface area (TPSA) is 47.7 Å². The lowest BCUT2D eigenvalue weighted by molar-refractivity contribution is 0.139. The Morgan fingerprint density at radius 3 is 2.70 bits per heavy atom. The molecule has 1 saturated heterocycles. The predicted molar refractivity (Wildman–Crippen MR) is 83.5 cm³/mol. The van der Waals surface area contributed by atoms with Gasteiger partial charge in [0, 0.05) is 26.8 Å². The largest absolute Gasteiger partial charge is 0.491 e. The molecule has 0 spiro atoms. The van der Waals surface area contributed by atoms with E-state index in [-0.39, 0.29) is 0 Å². The van der Waals surface area contributed by atoms with Crippen LogP contribution >= 0.6 is 0 Å². The number of rotatable bonds is 6. The minimum Gasteiger partial charge on any atom is -0.491 e. The zero-order chi connectivity index (χ0) is 14.4. The van der Waals surface area contributed by atoms with Crippen molar-refractivity contribution in [1.29, 1.82) is 0 Å². The number of nitrogens with zero attached hydrogens (tertiary/aromatic N) is 1. The second kappa shape index (κ2) is 7.39. The molecule has 112 valence electrons. The van der Waals surface area contributed by atoms with Crippen LogP contribution in [0.15, 0.2) is 18.2 Å². The van der Waals surface area contributed by atoms with Crippen molar-refractivity contribution < 1.29 is 9.47 Å². The molecule has 0 atom stereocenters. The lowest BCUT2D eigenvalue weighted by Gasteiger charge is -2.34. The summed E-state index contributed by atoms with van der Waals surface area (Å²) in [5.74, 6) is 1.49. The van der Waals surface area contributed by atoms with Crippen LogP contribution in [0, 0.1) is 5.92 Å². The monoisotopic (exact) mass is 278 g/mol. The van der Waals surface area contributed by atoms with Crippen LogP contribution in [0.4, 0.5) is 11.4 Å². The minimum atomic E-state index is 0.678. The van der Waals surface area contributed by atoms with Crippen molar-refractivity contribution in [1.82, 2.24) is 0 Å². The maximum Gasteiger partial charge on any atom is 0.144 e. The van der Waals surface area contributed by atoms with E-state index < -0.39 is 0 Å². The van der Waals surface area contributed by atoms with Crippen molar-refractivity contribution in [3.05, 3.63) is 18.2 Å². The molecule has 1 fully saturated rings. The molecule has 2 rings (SSSR count). The average molecular weight is 278 g/mol. The standard InChI is InChI=1S/C16H26N2O2/c1-3-11-20-15-6-4-5-14(16(15)17)18-9-7-13(8-10-18)12-19-2/h4-6,13H,3,7-12,17H2,1-2H3. The first-order valence-electron chi connectivity index (χ1n) is 7.51. The summed E-state index contributed by atoms with van der Waals surface area (Å²) in [5.41, 5.74) is 8.13. The van der Waals surface area contributed by atoms with Gasteiger partial charge in [-0.15, -0.1) is 0 Å². The van der Waals surface area contributed by atoms with Crippen molar-refractivity contribution in [3.63, 3.8) is 0 Å². The molecule has 0 unspecified atom stereocenters. The van der Waals surface area contributed by atoms with Crippen LogP contribution in [0.5, 0.6) is 5.75 Å². The molecule has 0 bridgehead atoms. The van der Waals surface area contributed by atoms with Gasteiger partial charge in [-0.3, -0.25) is 0 Å². The summed E-state index contributed by atoms with van der Waals surface area (Å²) in [4.78, 5) is 2.36. The number of hydrogen-bond acceptors (Lipinski definition) is 4. The fourth-order valence-corrected chi connectivity index (χ4v) is 2.72. The van der Waals surface area contributed by atoms with Crippen molar-refractivity contribution in [2.45, 2.75) is 26.2 Å². The first-order valence-corrected chi connectivity index (χ1v) is 7.51. The molecule has 0 amide bonds. The molecule has 0 radical (unpaired) electrons. The Bertz CT molecular complexity index is 415. The van der Waals surface area contributed by atoms with Gasteiger partial charge in [0.1, 0.15) is 5.75 Å². The Morgan fingerprint density at radius 2 is 2.05 bits per heavy atom. The summed E-state index contributed by atoms with van der Waals surface area (Å²) in [5, 5.41) is 0. The molecule has 0 saturated carbocycles. The van der Waals surface area contributed by atoms with E-state index in [0.29, 0.717) is 12.5 Å². The second-order valence-electron chi connectivity index (χ2n) is 5.42. The minimum absolute atomic E-state index is 0.678. The lowest BCUT2D eigenvalue weighted by Crippen LogP contribution is -2.35. The van der Waals surface area contributed by atoms with Gasteiger partial charge in [0.15, 0.2) is 0 Å². The molecule has 1 heterocycles. The predicted octanol–water partition coefficient (Wildman–Crippen LogP) is 2.92. The van der Waals surface area contributed by atoms with E-state index in [1.54, 1.807) is 7.11 Å². The lowest BCUT2D eigenvalue weighted by atomic mass is 9.97. The van der Waals surface area contributed by atoms with Crippen LogP contribution in [-0.2, 0) is 4.74 Å². The molecule has 1 aromatic carbocycles. The Kier molecular flexibility index (Phi) is 5.53. The highest BCUT2D eigenvalue weighted by Gasteiger charge is 2.21. The average Bonchev–Trinajstić information content (AvgIpc) is 2.48. The number of anilines is 2. The molecule has 0 aliphatic carbocycles. The second-order valence-corrected chi connectivity index (χ2v) is 5.42. The van der Waals surface area contributed by atoms with Gasteiger partial charge in [-0.2, -0.15) is 0 Å². The number of para-hydroxylation sites is 1. The quantitative estimate of drug-likeness (QED) is 0.813. The number of piperidine rings is 1. The van der Waals surface area contributed by atoms with Crippen LogP contribution < -0.4 is 15.4 Å². The van der Waals surface area contributed by atoms with Crippen molar-refractivity contribution >= 4 is 11.4 Å². The molecule has 0 aromatic heterocycles. The maximum atomic E-state index is 6.26. The molecule has 20 heavy (non-hydrogen) atoms. The first-order chi connectivity index (χ1) is 9.76. The van der Waals surface area contributed by atoms with E-state index in [2.05, 4.69) is 17.9 Å². The number of hydrogen-bond donors (Lipinski definition) is 1. The molecular weight excluding hydrogens is 252 g/mol. The molecule has 4 nitrogen and oxygen atoms in total. The van der Waals surface area contributed by atoms with Gasteiger partial charge in [-0.05, 0) is 37.3 Å². The van der Waals surface area contributed by atoms with Crippen LogP contribution in [0.2, 0.25) is 0 Å². The van der Waals surface area contributed by atoms with Crippen LogP contribution in [0.3, 0.4) is 0 Å². The van der Waals surface area contributed by atoms with Gasteiger partial charge in [-0.1, -0.05) is 13.0 Å². The van der Waals surface area contributed by atoms with E-state index >= 15 is 0 Å². The summed E-state index contributed by atoms with van der Waals surface area (Å²) in [6.45, 7) is 5.75. The zero-order valence-corrected chi connectivity index (χ0v) is 12.6. The Balaban J connectivity index is 2.02. The van der Waals surface area contributed by atoms with E-state index in [0.717, 1.165) is 56.1 Å². The number of methoxy groups -OCH3 is 1. The zero-order valence-electron chi connectivity index (χ0n) is 12.6. The van der Waals surface area contributed by atoms with E-state index in [1.165, 1.54) is 0 Å². The number of nitrogen functional groups attached to an aromatic ring is 1. The summed E-state index contributed by atoms with van der Waals surface area (Å²) < 4.78 is 11.0. The third kappa shape index (κ3) is 3.57. The van der Waals surface area contributed by atoms with Gasteiger partial charge >= 0.3 is 0 Å². The van der Waals surface area contributed by atoms with Crippen LogP contribution in [-0.4, -0.2) is 33.4 Å². The molecule has 1 aliphatic heterocycles. The highest BCUT2D eigenvalue weighted by Crippen LogP contribution is 2.34. The summed E-state index contributed by atoms with van der Waals surface area (Å²) >= 11 is 0. The van der Waals surface area contributed by atoms with Crippen molar-refractivity contribution in [3.8, 4) is 5.75 Å². The summed E-state index contributed by atoms with van der Waals surface area (Å²) in [6.07, 6.45) is 3.31. The van der Waals surface area contributed by atoms with Gasteiger partial charge < -0.3 is 20.1 Å². The van der Waals surface area contributed by atoms with Gasteiger partial charge in [0.2, 0.25) is 0 Å². The van der Waals surface area contributed by atoms with Crippen molar-refractivity contribution in [2.24, 2.45) is 5.92 Å². The molecule has 1 aliphatic rings. The van der Waals surface area contributed by atoms with Crippen molar-refractivity contribution in [2.75, 3.05) is 44.0 Å². The maximum absolute atomic E-state index is 6.26. The fourth-order valence-electron chi connectivity index (χ4n) is 2.72. The normalized spacial score (nSPS) is 16.4. The Hall–Kier alpha value is -1.42. The third-order valence-electron chi connectivity index (χ3n) is 3.86. The molecule has 2 N–H and O–H groups in total. The van der Waals surface area contributed by atoms with Gasteiger partial charge in [0.05, 0.1) is 18.0 Å². The van der Waals surface area contributed by atoms with Crippen LogP contribution in [0.1, 0.15) is 26.2 Å². The smallest absolute Gasteiger partial charge is 0.144 e. The molecule has 1 aromatic rings. The molecule has 4 heteroatoms. The number of benzene rings is 1. The van der Waals surface area contributed by atoms with E-state index in [4.69, 9.17) is 15.2 Å². The van der Waals surface area contributed by atoms with Gasteiger partial charge in [-0.25, -0.2) is 0 Å². The SMILES string of the molecule is CCCOc1cccc(N2CCC(COC)CC2)c1N. The highest BCUT2D eigenvalue weighted by atomic mass is 16.5. The first kappa shape index (κ1) is 15.0. The highest BCUT2D eigenvalue weighted by molar-refractivity contribution is 5.74. The third-order valence-corrected chi connectivity index (χ3v) is 3.86. The van der Waals surface area contributed by atoms with Crippen LogP contribution in [0.25, 0.3) is 0 Å². The fraction of sp³-hybridized carbons (Fsp3) is 0.625. The molecular formula is C16H26N2O2.